The van der Waals surface area contributed by atoms with Crippen LogP contribution < -0.4 is 15.9 Å². The molecule has 1 nitrogen and oxygen atoms in total. The van der Waals surface area contributed by atoms with E-state index in [4.69, 9.17) is 0 Å². The van der Waals surface area contributed by atoms with Gasteiger partial charge in [-0.15, -0.1) is 0 Å². The molecular weight excluding hydrogens is 429 g/mol. The second kappa shape index (κ2) is 10.3. The highest BCUT2D eigenvalue weighted by Gasteiger charge is 2.58. The first kappa shape index (κ1) is 23.0. The Kier molecular flexibility index (Phi) is 6.95. The zero-order valence-corrected chi connectivity index (χ0v) is 21.2. The van der Waals surface area contributed by atoms with E-state index in [1.165, 1.54) is 40.7 Å². The second-order valence-corrected chi connectivity index (χ2v) is 13.4. The quantitative estimate of drug-likeness (QED) is 0.284. The molecule has 2 unspecified atom stereocenters. The van der Waals surface area contributed by atoms with Crippen molar-refractivity contribution < 1.29 is 0 Å². The molecule has 0 N–H and O–H groups in total. The first-order chi connectivity index (χ1) is 16.7. The monoisotopic (exact) mass is 464 g/mol. The van der Waals surface area contributed by atoms with Crippen molar-refractivity contribution in [3.63, 3.8) is 0 Å². The lowest BCUT2D eigenvalue weighted by Crippen LogP contribution is -2.43. The molecule has 1 aliphatic rings. The third-order valence-electron chi connectivity index (χ3n) is 7.62. The molecule has 0 heterocycles. The molecule has 34 heavy (non-hydrogen) atoms. The molecule has 1 fully saturated rings. The summed E-state index contributed by atoms with van der Waals surface area (Å²) >= 11 is 0. The van der Waals surface area contributed by atoms with E-state index in [9.17, 15) is 0 Å². The highest BCUT2D eigenvalue weighted by Crippen LogP contribution is 2.67. The summed E-state index contributed by atoms with van der Waals surface area (Å²) in [5, 5.41) is 4.53. The van der Waals surface area contributed by atoms with Gasteiger partial charge in [-0.05, 0) is 75.3 Å². The maximum atomic E-state index is 2.47. The van der Waals surface area contributed by atoms with E-state index < -0.39 is 7.26 Å². The average molecular weight is 465 g/mol. The number of hydrogen-bond donors (Lipinski definition) is 0. The van der Waals surface area contributed by atoms with Crippen LogP contribution in [0.1, 0.15) is 30.9 Å². The predicted octanol–water partition coefficient (Wildman–Crippen LogP) is 6.45. The van der Waals surface area contributed by atoms with Gasteiger partial charge in [0.1, 0.15) is 23.2 Å². The fourth-order valence-electron chi connectivity index (χ4n) is 6.41. The van der Waals surface area contributed by atoms with Crippen LogP contribution in [0.25, 0.3) is 0 Å². The van der Waals surface area contributed by atoms with E-state index in [2.05, 4.69) is 140 Å². The van der Waals surface area contributed by atoms with Crippen LogP contribution in [0, 0.1) is 5.92 Å². The van der Waals surface area contributed by atoms with Crippen LogP contribution in [0.4, 0.5) is 0 Å². The Bertz CT molecular complexity index is 1060. The molecule has 0 amide bonds. The van der Waals surface area contributed by atoms with E-state index >= 15 is 0 Å². The molecule has 0 aromatic heterocycles. The van der Waals surface area contributed by atoms with Crippen molar-refractivity contribution in [2.24, 2.45) is 5.92 Å². The lowest BCUT2D eigenvalue weighted by Gasteiger charge is -2.40. The van der Waals surface area contributed by atoms with Gasteiger partial charge in [0.25, 0.3) is 0 Å². The Morgan fingerprint density at radius 3 is 1.41 bits per heavy atom. The first-order valence-corrected chi connectivity index (χ1v) is 14.4. The summed E-state index contributed by atoms with van der Waals surface area (Å²) in [5.41, 5.74) is 2.03. The second-order valence-electron chi connectivity index (χ2n) is 9.71. The van der Waals surface area contributed by atoms with Gasteiger partial charge < -0.3 is 4.90 Å². The molecule has 1 saturated carbocycles. The Morgan fingerprint density at radius 2 is 1.00 bits per heavy atom. The van der Waals surface area contributed by atoms with E-state index in [1.54, 1.807) is 0 Å². The highest BCUT2D eigenvalue weighted by molar-refractivity contribution is 7.96. The fourth-order valence-corrected chi connectivity index (χ4v) is 11.8. The lowest BCUT2D eigenvalue weighted by molar-refractivity contribution is 0.216. The molecule has 0 spiro atoms. The average Bonchev–Trinajstić information content (AvgIpc) is 3.36. The molecule has 5 rings (SSSR count). The summed E-state index contributed by atoms with van der Waals surface area (Å²) in [5.74, 6) is 0.589. The molecule has 4 aromatic carbocycles. The zero-order chi connectivity index (χ0) is 23.4. The lowest BCUT2D eigenvalue weighted by atomic mass is 9.90. The van der Waals surface area contributed by atoms with Gasteiger partial charge in [-0.2, -0.15) is 0 Å². The molecule has 0 saturated heterocycles. The minimum atomic E-state index is -1.90. The minimum Gasteiger partial charge on any atom is -0.302 e. The molecule has 172 valence electrons. The van der Waals surface area contributed by atoms with Gasteiger partial charge in [-0.25, -0.2) is 0 Å². The van der Waals surface area contributed by atoms with Crippen molar-refractivity contribution in [2.75, 3.05) is 14.1 Å². The van der Waals surface area contributed by atoms with Crippen LogP contribution in [-0.4, -0.2) is 24.7 Å². The van der Waals surface area contributed by atoms with E-state index in [0.29, 0.717) is 17.6 Å². The maximum Gasteiger partial charge on any atom is 0.115 e. The normalized spacial score (nSPS) is 19.3. The third-order valence-corrected chi connectivity index (χ3v) is 12.6. The first-order valence-electron chi connectivity index (χ1n) is 12.5. The highest BCUT2D eigenvalue weighted by atomic mass is 31.2. The van der Waals surface area contributed by atoms with E-state index in [1.807, 2.05) is 0 Å². The van der Waals surface area contributed by atoms with Gasteiger partial charge in [0.15, 0.2) is 0 Å². The van der Waals surface area contributed by atoms with Crippen molar-refractivity contribution in [1.29, 1.82) is 0 Å². The van der Waals surface area contributed by atoms with Crippen LogP contribution in [0.15, 0.2) is 121 Å². The smallest absolute Gasteiger partial charge is 0.115 e. The van der Waals surface area contributed by atoms with Crippen molar-refractivity contribution in [3.05, 3.63) is 127 Å². The standard InChI is InChI=1S/C32H35NP/c1-33(2)32(26-16-7-3-8-17-26)30-24-15-25-31(30)34(27-18-9-4-10-19-27,28-20-11-5-12-21-28)29-22-13-6-14-23-29/h3-14,16-23,30-32H,15,24-25H2,1-2H3/q+1/t30?,31?,32-/m1/s1. The minimum absolute atomic E-state index is 0.407. The molecule has 4 aromatic rings. The van der Waals surface area contributed by atoms with Crippen molar-refractivity contribution >= 4 is 23.2 Å². The number of nitrogens with zero attached hydrogens (tertiary/aromatic N) is 1. The summed E-state index contributed by atoms with van der Waals surface area (Å²) in [6, 6.07) is 45.9. The van der Waals surface area contributed by atoms with Gasteiger partial charge in [-0.1, -0.05) is 84.9 Å². The Balaban J connectivity index is 1.77. The third kappa shape index (κ3) is 4.13. The van der Waals surface area contributed by atoms with Crippen molar-refractivity contribution in [3.8, 4) is 0 Å². The number of benzene rings is 4. The van der Waals surface area contributed by atoms with Crippen LogP contribution in [0.3, 0.4) is 0 Å². The number of rotatable bonds is 7. The molecular formula is C32H35NP+. The molecule has 0 radical (unpaired) electrons. The van der Waals surface area contributed by atoms with Gasteiger partial charge in [0.2, 0.25) is 0 Å². The van der Waals surface area contributed by atoms with Crippen LogP contribution in [0.5, 0.6) is 0 Å². The molecule has 3 atom stereocenters. The molecule has 0 aliphatic heterocycles. The van der Waals surface area contributed by atoms with Gasteiger partial charge in [0.05, 0.1) is 5.66 Å². The van der Waals surface area contributed by atoms with Crippen molar-refractivity contribution in [1.82, 2.24) is 4.90 Å². The topological polar surface area (TPSA) is 3.24 Å². The molecule has 2 heteroatoms. The summed E-state index contributed by atoms with van der Waals surface area (Å²) in [4.78, 5) is 2.47. The largest absolute Gasteiger partial charge is 0.302 e. The van der Waals surface area contributed by atoms with Gasteiger partial charge in [0, 0.05) is 12.0 Å². The Labute approximate surface area is 205 Å². The molecule has 0 bridgehead atoms. The maximum absolute atomic E-state index is 2.47. The predicted molar refractivity (Wildman–Crippen MR) is 149 cm³/mol. The van der Waals surface area contributed by atoms with Crippen LogP contribution in [0.2, 0.25) is 0 Å². The van der Waals surface area contributed by atoms with Crippen LogP contribution in [-0.2, 0) is 0 Å². The summed E-state index contributed by atoms with van der Waals surface area (Å²) in [6.07, 6.45) is 3.84. The summed E-state index contributed by atoms with van der Waals surface area (Å²) in [7, 11) is 2.63. The van der Waals surface area contributed by atoms with Gasteiger partial charge in [-0.3, -0.25) is 0 Å². The summed E-state index contributed by atoms with van der Waals surface area (Å²) < 4.78 is 0. The van der Waals surface area contributed by atoms with E-state index in [-0.39, 0.29) is 0 Å². The molecule has 1 aliphatic carbocycles. The Hall–Kier alpha value is -2.73. The van der Waals surface area contributed by atoms with Crippen molar-refractivity contribution in [2.45, 2.75) is 31.0 Å². The number of hydrogen-bond acceptors (Lipinski definition) is 1. The SMILES string of the molecule is CN(C)[C@H](c1ccccc1)C1CCCC1[P+](c1ccccc1)(c1ccccc1)c1ccccc1. The zero-order valence-electron chi connectivity index (χ0n) is 20.3. The van der Waals surface area contributed by atoms with Crippen LogP contribution >= 0.6 is 7.26 Å². The Morgan fingerprint density at radius 1 is 0.588 bits per heavy atom. The van der Waals surface area contributed by atoms with Gasteiger partial charge >= 0.3 is 0 Å². The fraction of sp³-hybridized carbons (Fsp3) is 0.250. The van der Waals surface area contributed by atoms with E-state index in [0.717, 1.165) is 0 Å². The summed E-state index contributed by atoms with van der Waals surface area (Å²) in [6.45, 7) is 0.